The topological polar surface area (TPSA) is 49.8 Å². The van der Waals surface area contributed by atoms with E-state index in [0.717, 1.165) is 5.56 Å². The van der Waals surface area contributed by atoms with Crippen LogP contribution in [0.3, 0.4) is 0 Å². The summed E-state index contributed by atoms with van der Waals surface area (Å²) in [4.78, 5) is 4.22. The van der Waals surface area contributed by atoms with E-state index in [2.05, 4.69) is 4.98 Å². The molecule has 3 rings (SSSR count). The van der Waals surface area contributed by atoms with E-state index in [1.165, 1.54) is 0 Å². The summed E-state index contributed by atoms with van der Waals surface area (Å²) >= 11 is 0. The lowest BCUT2D eigenvalue weighted by Crippen LogP contribution is -2.30. The van der Waals surface area contributed by atoms with Gasteiger partial charge in [-0.15, -0.1) is 0 Å². The summed E-state index contributed by atoms with van der Waals surface area (Å²) in [6, 6.07) is 9.33. The molecule has 1 aliphatic heterocycles. The molecular weight excluding hydrogens is 270 g/mol. The molecule has 0 aliphatic carbocycles. The lowest BCUT2D eigenvalue weighted by atomic mass is 10.1. The molecule has 1 aromatic carbocycles. The van der Waals surface area contributed by atoms with Crippen LogP contribution in [-0.4, -0.2) is 25.3 Å². The number of nitrogens with zero attached hydrogens (tertiary/aromatic N) is 1. The second-order valence-electron chi connectivity index (χ2n) is 4.78. The minimum Gasteiger partial charge on any atom is -0.493 e. The number of ether oxygens (including phenoxy) is 4. The Balaban J connectivity index is 1.93. The molecule has 5 nitrogen and oxygen atoms in total. The zero-order chi connectivity index (χ0) is 14.8. The third kappa shape index (κ3) is 2.46. The van der Waals surface area contributed by atoms with Gasteiger partial charge in [0.15, 0.2) is 17.6 Å². The molecule has 5 heteroatoms. The van der Waals surface area contributed by atoms with Gasteiger partial charge >= 0.3 is 0 Å². The maximum absolute atomic E-state index is 6.09. The van der Waals surface area contributed by atoms with Gasteiger partial charge in [-0.2, -0.15) is 0 Å². The first-order chi connectivity index (χ1) is 10.2. The second kappa shape index (κ2) is 5.52. The zero-order valence-electron chi connectivity index (χ0n) is 12.2. The van der Waals surface area contributed by atoms with Gasteiger partial charge in [0.25, 0.3) is 0 Å². The van der Waals surface area contributed by atoms with Crippen molar-refractivity contribution in [2.75, 3.05) is 14.2 Å². The Bertz CT molecular complexity index is 627. The molecular formula is C16H17NO4. The number of hydrogen-bond acceptors (Lipinski definition) is 5. The first kappa shape index (κ1) is 13.5. The Labute approximate surface area is 123 Å². The molecule has 2 unspecified atom stereocenters. The number of hydrogen-bond donors (Lipinski definition) is 0. The van der Waals surface area contributed by atoms with Crippen molar-refractivity contribution in [1.29, 1.82) is 0 Å². The van der Waals surface area contributed by atoms with E-state index in [1.54, 1.807) is 20.4 Å². The summed E-state index contributed by atoms with van der Waals surface area (Å²) in [5, 5.41) is 0. The fourth-order valence-electron chi connectivity index (χ4n) is 2.37. The van der Waals surface area contributed by atoms with E-state index < -0.39 is 0 Å². The van der Waals surface area contributed by atoms with Crippen LogP contribution in [0.4, 0.5) is 0 Å². The number of rotatable bonds is 3. The lowest BCUT2D eigenvalue weighted by Gasteiger charge is -2.32. The van der Waals surface area contributed by atoms with Crippen LogP contribution >= 0.6 is 0 Å². The van der Waals surface area contributed by atoms with Crippen LogP contribution < -0.4 is 18.9 Å². The van der Waals surface area contributed by atoms with Crippen molar-refractivity contribution in [2.24, 2.45) is 0 Å². The van der Waals surface area contributed by atoms with Gasteiger partial charge in [0.05, 0.1) is 14.2 Å². The molecule has 0 saturated heterocycles. The maximum atomic E-state index is 6.09. The van der Waals surface area contributed by atoms with Crippen LogP contribution in [0, 0.1) is 0 Å². The van der Waals surface area contributed by atoms with Crippen LogP contribution in [0.1, 0.15) is 18.6 Å². The molecule has 2 aromatic rings. The molecule has 0 spiro atoms. The normalized spacial score (nSPS) is 20.0. The van der Waals surface area contributed by atoms with Crippen LogP contribution in [-0.2, 0) is 0 Å². The maximum Gasteiger partial charge on any atom is 0.212 e. The van der Waals surface area contributed by atoms with Gasteiger partial charge in [-0.3, -0.25) is 0 Å². The number of methoxy groups -OCH3 is 2. The minimum atomic E-state index is -0.243. The van der Waals surface area contributed by atoms with Crippen molar-refractivity contribution < 1.29 is 18.9 Å². The van der Waals surface area contributed by atoms with E-state index in [-0.39, 0.29) is 12.2 Å². The van der Waals surface area contributed by atoms with Crippen molar-refractivity contribution in [3.8, 4) is 23.1 Å². The number of para-hydroxylation sites is 1. The fourth-order valence-corrected chi connectivity index (χ4v) is 2.37. The number of aromatic nitrogens is 1. The molecule has 0 N–H and O–H groups in total. The highest BCUT2D eigenvalue weighted by Gasteiger charge is 2.31. The fraction of sp³-hybridized carbons (Fsp3) is 0.312. The van der Waals surface area contributed by atoms with Gasteiger partial charge < -0.3 is 18.9 Å². The van der Waals surface area contributed by atoms with Crippen molar-refractivity contribution in [2.45, 2.75) is 19.1 Å². The number of fused-ring (bicyclic) bond motifs is 1. The Morgan fingerprint density at radius 3 is 2.57 bits per heavy atom. The van der Waals surface area contributed by atoms with Crippen molar-refractivity contribution >= 4 is 0 Å². The molecule has 21 heavy (non-hydrogen) atoms. The number of pyridine rings is 1. The second-order valence-corrected chi connectivity index (χ2v) is 4.78. The predicted molar refractivity (Wildman–Crippen MR) is 77.2 cm³/mol. The monoisotopic (exact) mass is 287 g/mol. The highest BCUT2D eigenvalue weighted by Crippen LogP contribution is 2.45. The lowest BCUT2D eigenvalue weighted by molar-refractivity contribution is 0.0278. The molecule has 2 atom stereocenters. The van der Waals surface area contributed by atoms with Crippen molar-refractivity contribution in [1.82, 2.24) is 4.98 Å². The van der Waals surface area contributed by atoms with Crippen LogP contribution in [0.15, 0.2) is 36.5 Å². The smallest absolute Gasteiger partial charge is 0.212 e. The largest absolute Gasteiger partial charge is 0.493 e. The van der Waals surface area contributed by atoms with Crippen LogP contribution in [0.2, 0.25) is 0 Å². The van der Waals surface area contributed by atoms with E-state index >= 15 is 0 Å². The van der Waals surface area contributed by atoms with Crippen molar-refractivity contribution in [3.05, 3.63) is 42.1 Å². The van der Waals surface area contributed by atoms with Crippen LogP contribution in [0.25, 0.3) is 0 Å². The van der Waals surface area contributed by atoms with Gasteiger partial charge in [0.1, 0.15) is 6.10 Å². The summed E-state index contributed by atoms with van der Waals surface area (Å²) in [5.74, 6) is 2.55. The zero-order valence-corrected chi connectivity index (χ0v) is 12.2. The standard InChI is InChI=1S/C16H17NO4/c1-10-15(11-7-8-14(19-3)17-9-11)21-16-12(18-2)5-4-6-13(16)20-10/h4-10,15H,1-3H3. The third-order valence-electron chi connectivity index (χ3n) is 3.44. The molecule has 1 aromatic heterocycles. The Morgan fingerprint density at radius 1 is 1.05 bits per heavy atom. The third-order valence-corrected chi connectivity index (χ3v) is 3.44. The molecule has 110 valence electrons. The average molecular weight is 287 g/mol. The van der Waals surface area contributed by atoms with Gasteiger partial charge in [-0.25, -0.2) is 4.98 Å². The average Bonchev–Trinajstić information content (AvgIpc) is 2.53. The molecule has 0 amide bonds. The Hall–Kier alpha value is -2.43. The molecule has 0 bridgehead atoms. The van der Waals surface area contributed by atoms with E-state index in [0.29, 0.717) is 23.1 Å². The molecule has 0 saturated carbocycles. The summed E-state index contributed by atoms with van der Waals surface area (Å²) in [6.45, 7) is 1.97. The van der Waals surface area contributed by atoms with E-state index in [4.69, 9.17) is 18.9 Å². The van der Waals surface area contributed by atoms with Gasteiger partial charge in [0.2, 0.25) is 11.6 Å². The Kier molecular flexibility index (Phi) is 3.56. The van der Waals surface area contributed by atoms with Gasteiger partial charge in [-0.05, 0) is 25.1 Å². The summed E-state index contributed by atoms with van der Waals surface area (Å²) in [5.41, 5.74) is 0.930. The number of benzene rings is 1. The highest BCUT2D eigenvalue weighted by atomic mass is 16.6. The van der Waals surface area contributed by atoms with Crippen molar-refractivity contribution in [3.63, 3.8) is 0 Å². The molecule has 0 fully saturated rings. The minimum absolute atomic E-state index is 0.125. The molecule has 0 radical (unpaired) electrons. The highest BCUT2D eigenvalue weighted by molar-refractivity contribution is 5.52. The Morgan fingerprint density at radius 2 is 1.90 bits per heavy atom. The van der Waals surface area contributed by atoms with Gasteiger partial charge in [-0.1, -0.05) is 6.07 Å². The predicted octanol–water partition coefficient (Wildman–Crippen LogP) is 3.00. The first-order valence-electron chi connectivity index (χ1n) is 6.73. The SMILES string of the molecule is COc1ccc(C2Oc3c(OC)cccc3OC2C)cn1. The quantitative estimate of drug-likeness (QED) is 0.868. The van der Waals surface area contributed by atoms with E-state index in [1.807, 2.05) is 37.3 Å². The summed E-state index contributed by atoms with van der Waals surface area (Å²) in [6.07, 6.45) is 1.37. The van der Waals surface area contributed by atoms with Gasteiger partial charge in [0, 0.05) is 17.8 Å². The summed E-state index contributed by atoms with van der Waals surface area (Å²) in [7, 11) is 3.20. The molecule has 1 aliphatic rings. The van der Waals surface area contributed by atoms with E-state index in [9.17, 15) is 0 Å². The summed E-state index contributed by atoms with van der Waals surface area (Å²) < 4.78 is 22.4. The first-order valence-corrected chi connectivity index (χ1v) is 6.73. The van der Waals surface area contributed by atoms with Crippen LogP contribution in [0.5, 0.6) is 23.1 Å². The molecule has 2 heterocycles.